The van der Waals surface area contributed by atoms with Crippen molar-refractivity contribution in [3.63, 3.8) is 0 Å². The summed E-state index contributed by atoms with van der Waals surface area (Å²) in [6.45, 7) is 3.04. The third kappa shape index (κ3) is 2.59. The highest BCUT2D eigenvalue weighted by atomic mass is 16.5. The molecule has 0 aromatic rings. The lowest BCUT2D eigenvalue weighted by atomic mass is 9.54. The van der Waals surface area contributed by atoms with Crippen molar-refractivity contribution < 1.29 is 14.3 Å². The summed E-state index contributed by atoms with van der Waals surface area (Å²) in [6, 6.07) is 0. The van der Waals surface area contributed by atoms with Crippen LogP contribution in [0.15, 0.2) is 11.6 Å². The van der Waals surface area contributed by atoms with Crippen LogP contribution < -0.4 is 0 Å². The van der Waals surface area contributed by atoms with Gasteiger partial charge in [-0.25, -0.2) is 0 Å². The van der Waals surface area contributed by atoms with Crippen molar-refractivity contribution in [3.05, 3.63) is 11.6 Å². The van der Waals surface area contributed by atoms with Crippen molar-refractivity contribution >= 4 is 11.8 Å². The molecule has 25 heavy (non-hydrogen) atoms. The van der Waals surface area contributed by atoms with Gasteiger partial charge in [0.05, 0.1) is 30.6 Å². The molecule has 4 bridgehead atoms. The van der Waals surface area contributed by atoms with Crippen LogP contribution in [0.5, 0.6) is 0 Å². The molecule has 1 saturated heterocycles. The summed E-state index contributed by atoms with van der Waals surface area (Å²) in [6.07, 6.45) is 11.4. The molecule has 1 aliphatic heterocycles. The average Bonchev–Trinajstić information content (AvgIpc) is 2.78. The van der Waals surface area contributed by atoms with Crippen LogP contribution in [0.25, 0.3) is 0 Å². The average molecular weight is 343 g/mol. The third-order valence-corrected chi connectivity index (χ3v) is 7.62. The van der Waals surface area contributed by atoms with Crippen molar-refractivity contribution in [1.29, 1.82) is 0 Å². The van der Waals surface area contributed by atoms with Crippen LogP contribution in [0, 0.1) is 29.6 Å². The summed E-state index contributed by atoms with van der Waals surface area (Å²) in [5.41, 5.74) is 1.31. The number of amides is 2. The van der Waals surface area contributed by atoms with Crippen LogP contribution in [-0.4, -0.2) is 35.5 Å². The maximum Gasteiger partial charge on any atom is 0.233 e. The number of rotatable bonds is 4. The van der Waals surface area contributed by atoms with Gasteiger partial charge in [0.15, 0.2) is 0 Å². The van der Waals surface area contributed by atoms with Gasteiger partial charge in [-0.3, -0.25) is 14.5 Å². The predicted octanol–water partition coefficient (Wildman–Crippen LogP) is 3.31. The van der Waals surface area contributed by atoms with Crippen molar-refractivity contribution in [2.24, 2.45) is 29.6 Å². The molecule has 0 radical (unpaired) electrons. The van der Waals surface area contributed by atoms with Gasteiger partial charge in [0.1, 0.15) is 0 Å². The Kier molecular flexibility index (Phi) is 3.64. The summed E-state index contributed by atoms with van der Waals surface area (Å²) in [4.78, 5) is 26.8. The molecule has 1 heterocycles. The molecule has 2 atom stereocenters. The second-order valence-electron chi connectivity index (χ2n) is 9.48. The minimum Gasteiger partial charge on any atom is -0.373 e. The van der Waals surface area contributed by atoms with Gasteiger partial charge in [-0.05, 0) is 76.0 Å². The standard InChI is InChI=1S/C21H29NO3/c1-13-2-3-17-18(6-13)20(24)22(19(17)23)4-5-25-21-10-14-7-15(11-21)9-16(8-14)12-21/h2,14-18H,3-12H2,1H3. The number of ether oxygens (including phenoxy) is 1. The van der Waals surface area contributed by atoms with Crippen molar-refractivity contribution in [2.45, 2.75) is 63.9 Å². The third-order valence-electron chi connectivity index (χ3n) is 7.62. The minimum absolute atomic E-state index is 0.0351. The summed E-state index contributed by atoms with van der Waals surface area (Å²) in [7, 11) is 0. The fourth-order valence-electron chi connectivity index (χ4n) is 6.89. The molecular weight excluding hydrogens is 314 g/mol. The Bertz CT molecular complexity index is 602. The summed E-state index contributed by atoms with van der Waals surface area (Å²) in [5.74, 6) is 2.42. The Morgan fingerprint density at radius 3 is 2.28 bits per heavy atom. The molecule has 6 rings (SSSR count). The minimum atomic E-state index is -0.115. The highest BCUT2D eigenvalue weighted by molar-refractivity contribution is 6.05. The Balaban J connectivity index is 1.21. The first-order chi connectivity index (χ1) is 12.0. The largest absolute Gasteiger partial charge is 0.373 e. The lowest BCUT2D eigenvalue weighted by Gasteiger charge is -2.56. The van der Waals surface area contributed by atoms with Crippen LogP contribution in [0.1, 0.15) is 58.3 Å². The van der Waals surface area contributed by atoms with Crippen molar-refractivity contribution in [3.8, 4) is 0 Å². The van der Waals surface area contributed by atoms with Gasteiger partial charge >= 0.3 is 0 Å². The SMILES string of the molecule is CC1=CCC2C(=O)N(CCOC34CC5CC(CC(C5)C3)C4)C(=O)C2C1. The van der Waals surface area contributed by atoms with Crippen LogP contribution in [-0.2, 0) is 14.3 Å². The smallest absolute Gasteiger partial charge is 0.233 e. The Hall–Kier alpha value is -1.16. The molecule has 4 heteroatoms. The molecule has 5 fully saturated rings. The maximum atomic E-state index is 12.7. The number of carbonyl (C=O) groups excluding carboxylic acids is 2. The van der Waals surface area contributed by atoms with E-state index in [2.05, 4.69) is 13.0 Å². The number of nitrogens with zero attached hydrogens (tertiary/aromatic N) is 1. The van der Waals surface area contributed by atoms with E-state index in [1.54, 1.807) is 0 Å². The molecular formula is C21H29NO3. The molecule has 0 aromatic carbocycles. The van der Waals surface area contributed by atoms with Crippen molar-refractivity contribution in [1.82, 2.24) is 4.90 Å². The van der Waals surface area contributed by atoms with Gasteiger partial charge in [-0.15, -0.1) is 0 Å². The molecule has 2 unspecified atom stereocenters. The Morgan fingerprint density at radius 2 is 1.64 bits per heavy atom. The van der Waals surface area contributed by atoms with Crippen LogP contribution in [0.2, 0.25) is 0 Å². The second kappa shape index (κ2) is 5.67. The Morgan fingerprint density at radius 1 is 1.04 bits per heavy atom. The fraction of sp³-hybridized carbons (Fsp3) is 0.810. The first-order valence-corrected chi connectivity index (χ1v) is 10.2. The highest BCUT2D eigenvalue weighted by Crippen LogP contribution is 2.57. The zero-order valence-corrected chi connectivity index (χ0v) is 15.2. The predicted molar refractivity (Wildman–Crippen MR) is 93.5 cm³/mol. The highest BCUT2D eigenvalue weighted by Gasteiger charge is 2.52. The van der Waals surface area contributed by atoms with Crippen LogP contribution in [0.3, 0.4) is 0 Å². The first-order valence-electron chi connectivity index (χ1n) is 10.2. The number of imide groups is 1. The molecule has 0 spiro atoms. The van der Waals surface area contributed by atoms with E-state index in [4.69, 9.17) is 4.74 Å². The van der Waals surface area contributed by atoms with Gasteiger partial charge in [-0.1, -0.05) is 11.6 Å². The lowest BCUT2D eigenvalue weighted by molar-refractivity contribution is -0.167. The van der Waals surface area contributed by atoms with E-state index < -0.39 is 0 Å². The summed E-state index contributed by atoms with van der Waals surface area (Å²) in [5, 5.41) is 0. The number of carbonyl (C=O) groups is 2. The van der Waals surface area contributed by atoms with E-state index in [1.807, 2.05) is 0 Å². The van der Waals surface area contributed by atoms with Crippen LogP contribution >= 0.6 is 0 Å². The van der Waals surface area contributed by atoms with E-state index in [0.717, 1.165) is 30.6 Å². The van der Waals surface area contributed by atoms with Crippen LogP contribution in [0.4, 0.5) is 0 Å². The molecule has 5 aliphatic carbocycles. The molecule has 2 amide bonds. The first kappa shape index (κ1) is 16.0. The second-order valence-corrected chi connectivity index (χ2v) is 9.48. The van der Waals surface area contributed by atoms with E-state index in [0.29, 0.717) is 13.2 Å². The monoisotopic (exact) mass is 343 g/mol. The maximum absolute atomic E-state index is 12.7. The normalized spacial score (nSPS) is 45.1. The lowest BCUT2D eigenvalue weighted by Crippen LogP contribution is -2.52. The van der Waals surface area contributed by atoms with E-state index in [9.17, 15) is 9.59 Å². The van der Waals surface area contributed by atoms with Crippen molar-refractivity contribution in [2.75, 3.05) is 13.2 Å². The van der Waals surface area contributed by atoms with Gasteiger partial charge in [0.25, 0.3) is 0 Å². The fourth-order valence-corrected chi connectivity index (χ4v) is 6.89. The molecule has 4 nitrogen and oxygen atoms in total. The molecule has 136 valence electrons. The Labute approximate surface area is 150 Å². The molecule has 0 aromatic heterocycles. The topological polar surface area (TPSA) is 46.6 Å². The van der Waals surface area contributed by atoms with Gasteiger partial charge in [0.2, 0.25) is 11.8 Å². The summed E-state index contributed by atoms with van der Waals surface area (Å²) >= 11 is 0. The number of hydrogen-bond donors (Lipinski definition) is 0. The van der Waals surface area contributed by atoms with E-state index >= 15 is 0 Å². The quantitative estimate of drug-likeness (QED) is 0.581. The zero-order valence-electron chi connectivity index (χ0n) is 15.2. The van der Waals surface area contributed by atoms with Gasteiger partial charge in [0, 0.05) is 0 Å². The molecule has 6 aliphatic rings. The van der Waals surface area contributed by atoms with Gasteiger partial charge < -0.3 is 4.74 Å². The number of likely N-dealkylation sites (tertiary alicyclic amines) is 1. The molecule has 4 saturated carbocycles. The van der Waals surface area contributed by atoms with Gasteiger partial charge in [-0.2, -0.15) is 0 Å². The number of allylic oxidation sites excluding steroid dienone is 2. The number of hydrogen-bond acceptors (Lipinski definition) is 3. The van der Waals surface area contributed by atoms with E-state index in [-0.39, 0.29) is 29.3 Å². The summed E-state index contributed by atoms with van der Waals surface area (Å²) < 4.78 is 6.42. The zero-order chi connectivity index (χ0) is 17.2. The number of fused-ring (bicyclic) bond motifs is 1. The molecule has 0 N–H and O–H groups in total. The van der Waals surface area contributed by atoms with E-state index in [1.165, 1.54) is 49.0 Å².